The second-order valence-corrected chi connectivity index (χ2v) is 5.23. The smallest absolute Gasteiger partial charge is 0.203 e. The molecule has 0 bridgehead atoms. The summed E-state index contributed by atoms with van der Waals surface area (Å²) in [6.45, 7) is 4.63. The summed E-state index contributed by atoms with van der Waals surface area (Å²) in [5, 5.41) is 3.21. The monoisotopic (exact) mass is 258 g/mol. The Kier molecular flexibility index (Phi) is 3.69. The van der Waals surface area contributed by atoms with E-state index >= 15 is 0 Å². The highest BCUT2D eigenvalue weighted by atomic mass is 15.2. The summed E-state index contributed by atoms with van der Waals surface area (Å²) in [7, 11) is 1.94. The van der Waals surface area contributed by atoms with E-state index in [1.54, 1.807) is 0 Å². The number of anilines is 1. The van der Waals surface area contributed by atoms with Crippen LogP contribution in [0.5, 0.6) is 0 Å². The van der Waals surface area contributed by atoms with Gasteiger partial charge in [0.25, 0.3) is 0 Å². The molecule has 0 atom stereocenters. The number of piperidine rings is 1. The zero-order valence-electron chi connectivity index (χ0n) is 11.6. The van der Waals surface area contributed by atoms with E-state index < -0.39 is 0 Å². The van der Waals surface area contributed by atoms with E-state index in [1.165, 1.54) is 37.9 Å². The number of likely N-dealkylation sites (tertiary alicyclic amines) is 1. The molecule has 2 heterocycles. The molecule has 1 aliphatic rings. The van der Waals surface area contributed by atoms with Crippen LogP contribution in [-0.4, -0.2) is 41.1 Å². The van der Waals surface area contributed by atoms with Crippen molar-refractivity contribution in [2.24, 2.45) is 0 Å². The molecule has 102 valence electrons. The number of nitrogens with one attached hydrogen (secondary N) is 1. The van der Waals surface area contributed by atoms with E-state index in [-0.39, 0.29) is 0 Å². The van der Waals surface area contributed by atoms with Crippen LogP contribution in [0.2, 0.25) is 0 Å². The molecule has 0 unspecified atom stereocenters. The molecule has 0 spiro atoms. The maximum absolute atomic E-state index is 4.63. The van der Waals surface area contributed by atoms with Gasteiger partial charge in [-0.3, -0.25) is 0 Å². The number of benzene rings is 1. The summed E-state index contributed by atoms with van der Waals surface area (Å²) >= 11 is 0. The second-order valence-electron chi connectivity index (χ2n) is 5.23. The molecule has 19 heavy (non-hydrogen) atoms. The van der Waals surface area contributed by atoms with Gasteiger partial charge in [-0.25, -0.2) is 4.98 Å². The Balaban J connectivity index is 1.78. The largest absolute Gasteiger partial charge is 0.359 e. The molecule has 3 rings (SSSR count). The summed E-state index contributed by atoms with van der Waals surface area (Å²) in [6, 6.07) is 8.36. The Bertz CT molecular complexity index is 540. The Morgan fingerprint density at radius 3 is 2.68 bits per heavy atom. The molecule has 2 aromatic rings. The fourth-order valence-electron chi connectivity index (χ4n) is 2.92. The summed E-state index contributed by atoms with van der Waals surface area (Å²) in [4.78, 5) is 7.20. The van der Waals surface area contributed by atoms with E-state index in [0.29, 0.717) is 0 Å². The molecule has 4 heteroatoms. The molecule has 1 saturated heterocycles. The van der Waals surface area contributed by atoms with Gasteiger partial charge in [-0.2, -0.15) is 0 Å². The molecule has 1 aromatic heterocycles. The van der Waals surface area contributed by atoms with E-state index in [9.17, 15) is 0 Å². The predicted molar refractivity (Wildman–Crippen MR) is 79.6 cm³/mol. The molecule has 1 aliphatic heterocycles. The van der Waals surface area contributed by atoms with E-state index in [2.05, 4.69) is 38.0 Å². The highest BCUT2D eigenvalue weighted by Gasteiger charge is 2.13. The highest BCUT2D eigenvalue weighted by Crippen LogP contribution is 2.19. The Morgan fingerprint density at radius 1 is 1.11 bits per heavy atom. The van der Waals surface area contributed by atoms with Gasteiger partial charge < -0.3 is 14.8 Å². The van der Waals surface area contributed by atoms with Crippen LogP contribution in [0.4, 0.5) is 5.95 Å². The molecule has 1 aromatic carbocycles. The van der Waals surface area contributed by atoms with Crippen molar-refractivity contribution in [3.8, 4) is 0 Å². The number of imidazole rings is 1. The van der Waals surface area contributed by atoms with Gasteiger partial charge in [-0.15, -0.1) is 0 Å². The first kappa shape index (κ1) is 12.5. The Morgan fingerprint density at radius 2 is 1.89 bits per heavy atom. The maximum Gasteiger partial charge on any atom is 0.203 e. The normalized spacial score (nSPS) is 16.9. The van der Waals surface area contributed by atoms with E-state index in [4.69, 9.17) is 0 Å². The highest BCUT2D eigenvalue weighted by molar-refractivity contribution is 5.78. The minimum Gasteiger partial charge on any atom is -0.359 e. The van der Waals surface area contributed by atoms with Crippen LogP contribution in [0.3, 0.4) is 0 Å². The van der Waals surface area contributed by atoms with Crippen molar-refractivity contribution in [3.63, 3.8) is 0 Å². The lowest BCUT2D eigenvalue weighted by Crippen LogP contribution is -2.32. The van der Waals surface area contributed by atoms with Gasteiger partial charge in [-0.1, -0.05) is 18.6 Å². The second kappa shape index (κ2) is 5.61. The first-order valence-electron chi connectivity index (χ1n) is 7.24. The van der Waals surface area contributed by atoms with Gasteiger partial charge >= 0.3 is 0 Å². The van der Waals surface area contributed by atoms with Crippen LogP contribution >= 0.6 is 0 Å². The molecule has 1 N–H and O–H groups in total. The zero-order chi connectivity index (χ0) is 13.1. The molecule has 0 aliphatic carbocycles. The van der Waals surface area contributed by atoms with Crippen LogP contribution in [0, 0.1) is 0 Å². The summed E-state index contributed by atoms with van der Waals surface area (Å²) < 4.78 is 2.30. The molecule has 0 radical (unpaired) electrons. The van der Waals surface area contributed by atoms with Gasteiger partial charge in [0.2, 0.25) is 5.95 Å². The lowest BCUT2D eigenvalue weighted by atomic mass is 10.1. The summed E-state index contributed by atoms with van der Waals surface area (Å²) in [5.74, 6) is 0.971. The van der Waals surface area contributed by atoms with Gasteiger partial charge in [0.1, 0.15) is 0 Å². The average molecular weight is 258 g/mol. The fraction of sp³-hybridized carbons (Fsp3) is 0.533. The number of aromatic nitrogens is 2. The van der Waals surface area contributed by atoms with Gasteiger partial charge in [0, 0.05) is 20.1 Å². The van der Waals surface area contributed by atoms with Crippen molar-refractivity contribution in [1.82, 2.24) is 14.5 Å². The zero-order valence-corrected chi connectivity index (χ0v) is 11.6. The lowest BCUT2D eigenvalue weighted by Gasteiger charge is -2.26. The molecule has 0 saturated carbocycles. The maximum atomic E-state index is 4.63. The average Bonchev–Trinajstić information content (AvgIpc) is 2.84. The van der Waals surface area contributed by atoms with Crippen LogP contribution in [-0.2, 0) is 6.54 Å². The number of rotatable bonds is 4. The fourth-order valence-corrected chi connectivity index (χ4v) is 2.92. The SMILES string of the molecule is CNc1nc2ccccc2n1CCN1CCCCC1. The van der Waals surface area contributed by atoms with Crippen LogP contribution in [0.15, 0.2) is 24.3 Å². The minimum absolute atomic E-state index is 0.971. The third-order valence-corrected chi connectivity index (χ3v) is 3.97. The standard InChI is InChI=1S/C15H22N4/c1-16-15-17-13-7-3-4-8-14(13)19(15)12-11-18-9-5-2-6-10-18/h3-4,7-8H,2,5-6,9-12H2,1H3,(H,16,17). The third kappa shape index (κ3) is 2.59. The van der Waals surface area contributed by atoms with Crippen LogP contribution in [0.1, 0.15) is 19.3 Å². The number of fused-ring (bicyclic) bond motifs is 1. The Labute approximate surface area is 114 Å². The first-order valence-corrected chi connectivity index (χ1v) is 7.24. The Hall–Kier alpha value is -1.55. The molecule has 0 amide bonds. The molecular formula is C15H22N4. The van der Waals surface area contributed by atoms with Gasteiger partial charge in [0.05, 0.1) is 11.0 Å². The number of nitrogens with zero attached hydrogens (tertiary/aromatic N) is 3. The molecule has 4 nitrogen and oxygen atoms in total. The van der Waals surface area contributed by atoms with Crippen LogP contribution in [0.25, 0.3) is 11.0 Å². The first-order chi connectivity index (χ1) is 9.38. The number of para-hydroxylation sites is 2. The van der Waals surface area contributed by atoms with Crippen molar-refractivity contribution >= 4 is 17.0 Å². The number of hydrogen-bond donors (Lipinski definition) is 1. The van der Waals surface area contributed by atoms with Crippen LogP contribution < -0.4 is 5.32 Å². The third-order valence-electron chi connectivity index (χ3n) is 3.97. The predicted octanol–water partition coefficient (Wildman–Crippen LogP) is 2.56. The minimum atomic E-state index is 0.971. The van der Waals surface area contributed by atoms with Crippen molar-refractivity contribution < 1.29 is 0 Å². The topological polar surface area (TPSA) is 33.1 Å². The van der Waals surface area contributed by atoms with Crippen molar-refractivity contribution in [2.45, 2.75) is 25.8 Å². The van der Waals surface area contributed by atoms with Crippen molar-refractivity contribution in [2.75, 3.05) is 32.0 Å². The molecular weight excluding hydrogens is 236 g/mol. The summed E-state index contributed by atoms with van der Waals surface area (Å²) in [5.41, 5.74) is 2.30. The van der Waals surface area contributed by atoms with Crippen molar-refractivity contribution in [3.05, 3.63) is 24.3 Å². The van der Waals surface area contributed by atoms with E-state index in [1.807, 2.05) is 13.1 Å². The van der Waals surface area contributed by atoms with Gasteiger partial charge in [-0.05, 0) is 38.1 Å². The lowest BCUT2D eigenvalue weighted by molar-refractivity contribution is 0.222. The number of hydrogen-bond acceptors (Lipinski definition) is 3. The quantitative estimate of drug-likeness (QED) is 0.915. The van der Waals surface area contributed by atoms with Crippen molar-refractivity contribution in [1.29, 1.82) is 0 Å². The molecule has 1 fully saturated rings. The summed E-state index contributed by atoms with van der Waals surface area (Å²) in [6.07, 6.45) is 4.10. The van der Waals surface area contributed by atoms with Gasteiger partial charge in [0.15, 0.2) is 0 Å². The van der Waals surface area contributed by atoms with E-state index in [0.717, 1.165) is 24.6 Å².